The maximum absolute atomic E-state index is 11.6. The van der Waals surface area contributed by atoms with Crippen LogP contribution in [0.25, 0.3) is 11.5 Å². The number of aromatic nitrogens is 2. The lowest BCUT2D eigenvalue weighted by Gasteiger charge is -2.00. The third kappa shape index (κ3) is 3.66. The van der Waals surface area contributed by atoms with Gasteiger partial charge in [-0.25, -0.2) is 0 Å². The Labute approximate surface area is 118 Å². The molecule has 0 aliphatic heterocycles. The number of anilines is 1. The number of amides is 1. The van der Waals surface area contributed by atoms with Gasteiger partial charge in [0, 0.05) is 12.0 Å². The Kier molecular flexibility index (Phi) is 4.50. The molecule has 20 heavy (non-hydrogen) atoms. The van der Waals surface area contributed by atoms with Crippen molar-refractivity contribution in [3.8, 4) is 11.5 Å². The number of hydrogen-bond donors (Lipinski definition) is 1. The van der Waals surface area contributed by atoms with Gasteiger partial charge >= 0.3 is 6.01 Å². The topological polar surface area (TPSA) is 68.0 Å². The van der Waals surface area contributed by atoms with Crippen LogP contribution in [-0.4, -0.2) is 16.1 Å². The molecule has 5 nitrogen and oxygen atoms in total. The quantitative estimate of drug-likeness (QED) is 0.905. The first-order chi connectivity index (χ1) is 9.58. The molecule has 0 saturated carbocycles. The molecule has 0 bridgehead atoms. The molecule has 106 valence electrons. The summed E-state index contributed by atoms with van der Waals surface area (Å²) in [7, 11) is 0. The van der Waals surface area contributed by atoms with Crippen LogP contribution in [0.15, 0.2) is 22.6 Å². The molecule has 1 aromatic carbocycles. The largest absolute Gasteiger partial charge is 0.403 e. The summed E-state index contributed by atoms with van der Waals surface area (Å²) in [6, 6.07) is 6.18. The second kappa shape index (κ2) is 6.32. The third-order valence-corrected chi connectivity index (χ3v) is 2.90. The lowest BCUT2D eigenvalue weighted by Crippen LogP contribution is -2.11. The second-order valence-electron chi connectivity index (χ2n) is 4.94. The van der Waals surface area contributed by atoms with Crippen LogP contribution in [0, 0.1) is 13.8 Å². The summed E-state index contributed by atoms with van der Waals surface area (Å²) < 4.78 is 5.48. The molecule has 0 atom stereocenters. The molecule has 1 heterocycles. The molecular weight excluding hydrogens is 254 g/mol. The minimum atomic E-state index is -0.0949. The highest BCUT2D eigenvalue weighted by Gasteiger charge is 2.11. The summed E-state index contributed by atoms with van der Waals surface area (Å²) in [5.74, 6) is 0.324. The molecule has 2 aromatic rings. The van der Waals surface area contributed by atoms with Crippen molar-refractivity contribution in [2.75, 3.05) is 5.32 Å². The summed E-state index contributed by atoms with van der Waals surface area (Å²) in [6.45, 7) is 6.07. The summed E-state index contributed by atoms with van der Waals surface area (Å²) in [5.41, 5.74) is 3.13. The van der Waals surface area contributed by atoms with Crippen molar-refractivity contribution in [2.24, 2.45) is 0 Å². The van der Waals surface area contributed by atoms with Crippen molar-refractivity contribution < 1.29 is 9.21 Å². The minimum absolute atomic E-state index is 0.0949. The molecule has 0 fully saturated rings. The first-order valence-electron chi connectivity index (χ1n) is 6.80. The van der Waals surface area contributed by atoms with E-state index in [9.17, 15) is 4.79 Å². The van der Waals surface area contributed by atoms with Gasteiger partial charge in [-0.2, -0.15) is 0 Å². The van der Waals surface area contributed by atoms with Crippen molar-refractivity contribution in [1.29, 1.82) is 0 Å². The highest BCUT2D eigenvalue weighted by molar-refractivity contribution is 5.88. The zero-order valence-corrected chi connectivity index (χ0v) is 12.1. The zero-order valence-electron chi connectivity index (χ0n) is 12.1. The van der Waals surface area contributed by atoms with Crippen molar-refractivity contribution in [3.63, 3.8) is 0 Å². The number of carbonyl (C=O) groups excluding carboxylic acids is 1. The zero-order chi connectivity index (χ0) is 14.5. The molecule has 0 aliphatic carbocycles. The van der Waals surface area contributed by atoms with Crippen LogP contribution >= 0.6 is 0 Å². The van der Waals surface area contributed by atoms with Crippen LogP contribution in [0.4, 0.5) is 6.01 Å². The molecule has 1 N–H and O–H groups in total. The number of unbranched alkanes of at least 4 members (excludes halogenated alkanes) is 1. The molecule has 1 amide bonds. The molecule has 0 aliphatic rings. The Balaban J connectivity index is 2.10. The fourth-order valence-corrected chi connectivity index (χ4v) is 2.01. The van der Waals surface area contributed by atoms with Gasteiger partial charge in [0.15, 0.2) is 0 Å². The number of nitrogens with one attached hydrogen (secondary N) is 1. The van der Waals surface area contributed by atoms with E-state index in [1.54, 1.807) is 0 Å². The number of hydrogen-bond acceptors (Lipinski definition) is 4. The number of rotatable bonds is 5. The van der Waals surface area contributed by atoms with E-state index in [0.717, 1.165) is 29.5 Å². The van der Waals surface area contributed by atoms with Crippen LogP contribution < -0.4 is 5.32 Å². The van der Waals surface area contributed by atoms with Crippen molar-refractivity contribution >= 4 is 11.9 Å². The predicted octanol–water partition coefficient (Wildman–Crippen LogP) is 3.48. The molecular formula is C15H19N3O2. The molecule has 1 aromatic heterocycles. The van der Waals surface area contributed by atoms with Gasteiger partial charge in [0.05, 0.1) is 0 Å². The van der Waals surface area contributed by atoms with Gasteiger partial charge in [-0.15, -0.1) is 5.10 Å². The SMILES string of the molecule is CCCCC(=O)Nc1nnc(-c2cc(C)cc(C)c2)o1. The smallest absolute Gasteiger partial charge is 0.322 e. The van der Waals surface area contributed by atoms with Gasteiger partial charge in [-0.3, -0.25) is 10.1 Å². The summed E-state index contributed by atoms with van der Waals surface area (Å²) in [6.07, 6.45) is 2.30. The number of aryl methyl sites for hydroxylation is 2. The first kappa shape index (κ1) is 14.2. The van der Waals surface area contributed by atoms with Crippen LogP contribution in [0.2, 0.25) is 0 Å². The van der Waals surface area contributed by atoms with E-state index >= 15 is 0 Å². The molecule has 5 heteroatoms. The Morgan fingerprint density at radius 1 is 1.20 bits per heavy atom. The van der Waals surface area contributed by atoms with E-state index < -0.39 is 0 Å². The van der Waals surface area contributed by atoms with Crippen LogP contribution in [0.1, 0.15) is 37.3 Å². The van der Waals surface area contributed by atoms with Crippen molar-refractivity contribution in [2.45, 2.75) is 40.0 Å². The fourth-order valence-electron chi connectivity index (χ4n) is 2.01. The van der Waals surface area contributed by atoms with E-state index in [0.29, 0.717) is 12.3 Å². The van der Waals surface area contributed by atoms with E-state index in [2.05, 4.69) is 21.6 Å². The normalized spacial score (nSPS) is 10.6. The number of benzene rings is 1. The number of nitrogens with zero attached hydrogens (tertiary/aromatic N) is 2. The van der Waals surface area contributed by atoms with E-state index in [1.807, 2.05) is 32.9 Å². The van der Waals surface area contributed by atoms with Gasteiger partial charge in [0.1, 0.15) is 0 Å². The summed E-state index contributed by atoms with van der Waals surface area (Å²) >= 11 is 0. The lowest BCUT2D eigenvalue weighted by atomic mass is 10.1. The Bertz CT molecular complexity index is 585. The average Bonchev–Trinajstić information content (AvgIpc) is 2.83. The van der Waals surface area contributed by atoms with E-state index in [-0.39, 0.29) is 11.9 Å². The molecule has 0 unspecified atom stereocenters. The highest BCUT2D eigenvalue weighted by Crippen LogP contribution is 2.22. The Morgan fingerprint density at radius 3 is 2.55 bits per heavy atom. The van der Waals surface area contributed by atoms with Gasteiger partial charge in [-0.05, 0) is 32.4 Å². The summed E-state index contributed by atoms with van der Waals surface area (Å²) in [4.78, 5) is 11.6. The molecule has 0 saturated heterocycles. The molecule has 0 radical (unpaired) electrons. The third-order valence-electron chi connectivity index (χ3n) is 2.90. The lowest BCUT2D eigenvalue weighted by molar-refractivity contribution is -0.116. The average molecular weight is 273 g/mol. The van der Waals surface area contributed by atoms with Crippen LogP contribution in [-0.2, 0) is 4.79 Å². The maximum Gasteiger partial charge on any atom is 0.322 e. The maximum atomic E-state index is 11.6. The predicted molar refractivity (Wildman–Crippen MR) is 77.4 cm³/mol. The standard InChI is InChI=1S/C15H19N3O2/c1-4-5-6-13(19)16-15-18-17-14(20-15)12-8-10(2)7-11(3)9-12/h7-9H,4-6H2,1-3H3,(H,16,18,19). The summed E-state index contributed by atoms with van der Waals surface area (Å²) in [5, 5.41) is 10.4. The minimum Gasteiger partial charge on any atom is -0.403 e. The van der Waals surface area contributed by atoms with Gasteiger partial charge in [-0.1, -0.05) is 35.6 Å². The monoisotopic (exact) mass is 273 g/mol. The van der Waals surface area contributed by atoms with Crippen LogP contribution in [0.3, 0.4) is 0 Å². The van der Waals surface area contributed by atoms with E-state index in [1.165, 1.54) is 0 Å². The van der Waals surface area contributed by atoms with E-state index in [4.69, 9.17) is 4.42 Å². The van der Waals surface area contributed by atoms with Gasteiger partial charge in [0.2, 0.25) is 11.8 Å². The fraction of sp³-hybridized carbons (Fsp3) is 0.400. The Hall–Kier alpha value is -2.17. The van der Waals surface area contributed by atoms with Gasteiger partial charge < -0.3 is 4.42 Å². The number of carbonyl (C=O) groups is 1. The van der Waals surface area contributed by atoms with Crippen LogP contribution in [0.5, 0.6) is 0 Å². The van der Waals surface area contributed by atoms with Crippen molar-refractivity contribution in [3.05, 3.63) is 29.3 Å². The molecule has 0 spiro atoms. The second-order valence-corrected chi connectivity index (χ2v) is 4.94. The molecule has 2 rings (SSSR count). The highest BCUT2D eigenvalue weighted by atomic mass is 16.4. The Morgan fingerprint density at radius 2 is 1.90 bits per heavy atom. The first-order valence-corrected chi connectivity index (χ1v) is 6.80. The van der Waals surface area contributed by atoms with Crippen molar-refractivity contribution in [1.82, 2.24) is 10.2 Å². The van der Waals surface area contributed by atoms with Gasteiger partial charge in [0.25, 0.3) is 0 Å².